The summed E-state index contributed by atoms with van der Waals surface area (Å²) in [6.07, 6.45) is 2.74. The van der Waals surface area contributed by atoms with Crippen LogP contribution in [0.15, 0.2) is 11.4 Å². The smallest absolute Gasteiger partial charge is 0.307 e. The maximum atomic E-state index is 11.0. The third-order valence-electron chi connectivity index (χ3n) is 2.81. The van der Waals surface area contributed by atoms with Gasteiger partial charge in [0.15, 0.2) is 0 Å². The molecular weight excluding hydrogens is 220 g/mol. The lowest BCUT2D eigenvalue weighted by Crippen LogP contribution is -2.16. The van der Waals surface area contributed by atoms with Crippen molar-refractivity contribution in [1.29, 1.82) is 0 Å². The number of rotatable bonds is 2. The molecule has 1 aromatic heterocycles. The molecule has 0 saturated heterocycles. The molecule has 0 radical (unpaired) electrons. The maximum Gasteiger partial charge on any atom is 0.307 e. The van der Waals surface area contributed by atoms with E-state index in [1.54, 1.807) is 11.3 Å². The molecule has 76 valence electrons. The van der Waals surface area contributed by atoms with Crippen molar-refractivity contribution < 1.29 is 9.90 Å². The van der Waals surface area contributed by atoms with Crippen LogP contribution < -0.4 is 0 Å². The Bertz CT molecular complexity index is 348. The van der Waals surface area contributed by atoms with Crippen LogP contribution in [0.3, 0.4) is 0 Å². The minimum Gasteiger partial charge on any atom is -0.481 e. The molecule has 1 aliphatic carbocycles. The van der Waals surface area contributed by atoms with Gasteiger partial charge in [-0.25, -0.2) is 0 Å². The van der Waals surface area contributed by atoms with Crippen molar-refractivity contribution in [2.24, 2.45) is 5.92 Å². The van der Waals surface area contributed by atoms with Crippen LogP contribution in [-0.2, 0) is 4.79 Å². The molecule has 0 aromatic carbocycles. The maximum absolute atomic E-state index is 11.0. The van der Waals surface area contributed by atoms with E-state index in [1.807, 2.05) is 11.4 Å². The molecule has 4 heteroatoms. The molecule has 0 aliphatic heterocycles. The second-order valence-corrected chi connectivity index (χ2v) is 4.97. The molecule has 0 bridgehead atoms. The first-order valence-electron chi connectivity index (χ1n) is 4.66. The van der Waals surface area contributed by atoms with Crippen LogP contribution in [-0.4, -0.2) is 11.1 Å². The Hall–Kier alpha value is -0.540. The van der Waals surface area contributed by atoms with E-state index in [9.17, 15) is 4.79 Å². The lowest BCUT2D eigenvalue weighted by Gasteiger charge is -2.14. The summed E-state index contributed by atoms with van der Waals surface area (Å²) in [5, 5.41) is 11.7. The van der Waals surface area contributed by atoms with E-state index in [2.05, 4.69) is 0 Å². The number of hydrogen-bond donors (Lipinski definition) is 1. The first-order chi connectivity index (χ1) is 6.70. The number of halogens is 1. The molecule has 2 rings (SSSR count). The minimum absolute atomic E-state index is 0.139. The number of carboxylic acids is 1. The van der Waals surface area contributed by atoms with E-state index in [1.165, 1.54) is 0 Å². The van der Waals surface area contributed by atoms with Crippen molar-refractivity contribution >= 4 is 28.9 Å². The molecule has 0 spiro atoms. The Balaban J connectivity index is 2.26. The number of thiophene rings is 1. The van der Waals surface area contributed by atoms with E-state index >= 15 is 0 Å². The molecule has 1 heterocycles. The Morgan fingerprint density at radius 2 is 2.36 bits per heavy atom. The Kier molecular flexibility index (Phi) is 2.79. The number of carboxylic acid groups (broad SMARTS) is 1. The van der Waals surface area contributed by atoms with Gasteiger partial charge >= 0.3 is 5.97 Å². The lowest BCUT2D eigenvalue weighted by molar-refractivity contribution is -0.141. The van der Waals surface area contributed by atoms with Gasteiger partial charge in [0, 0.05) is 10.8 Å². The summed E-state index contributed by atoms with van der Waals surface area (Å²) >= 11 is 7.58. The summed E-state index contributed by atoms with van der Waals surface area (Å²) in [5.74, 6) is -0.775. The van der Waals surface area contributed by atoms with Gasteiger partial charge in [-0.2, -0.15) is 0 Å². The lowest BCUT2D eigenvalue weighted by atomic mass is 9.95. The van der Waals surface area contributed by atoms with Crippen LogP contribution in [0.25, 0.3) is 0 Å². The van der Waals surface area contributed by atoms with Gasteiger partial charge < -0.3 is 5.11 Å². The van der Waals surface area contributed by atoms with Crippen LogP contribution in [0.1, 0.15) is 30.1 Å². The largest absolute Gasteiger partial charge is 0.481 e. The standard InChI is InChI=1S/C10H11ClO2S/c11-8-4-5-14-9(8)6-2-1-3-7(6)10(12)13/h4-7H,1-3H2,(H,12,13). The fraction of sp³-hybridized carbons (Fsp3) is 0.500. The van der Waals surface area contributed by atoms with Gasteiger partial charge in [0.25, 0.3) is 0 Å². The van der Waals surface area contributed by atoms with Gasteiger partial charge in [-0.1, -0.05) is 18.0 Å². The summed E-state index contributed by atoms with van der Waals surface area (Å²) in [6.45, 7) is 0. The van der Waals surface area contributed by atoms with Crippen LogP contribution in [0, 0.1) is 5.92 Å². The average molecular weight is 231 g/mol. The Labute approximate surface area is 91.5 Å². The van der Waals surface area contributed by atoms with E-state index in [-0.39, 0.29) is 11.8 Å². The van der Waals surface area contributed by atoms with Crippen molar-refractivity contribution in [3.63, 3.8) is 0 Å². The fourth-order valence-electron chi connectivity index (χ4n) is 2.14. The molecule has 2 atom stereocenters. The molecule has 2 nitrogen and oxygen atoms in total. The Morgan fingerprint density at radius 1 is 1.57 bits per heavy atom. The molecule has 1 fully saturated rings. The average Bonchev–Trinajstić information content (AvgIpc) is 2.70. The van der Waals surface area contributed by atoms with Crippen molar-refractivity contribution in [3.8, 4) is 0 Å². The molecule has 1 aliphatic rings. The van der Waals surface area contributed by atoms with Crippen molar-refractivity contribution in [2.45, 2.75) is 25.2 Å². The van der Waals surface area contributed by atoms with Gasteiger partial charge in [-0.3, -0.25) is 4.79 Å². The SMILES string of the molecule is O=C(O)C1CCCC1c1sccc1Cl. The van der Waals surface area contributed by atoms with E-state index < -0.39 is 5.97 Å². The second-order valence-electron chi connectivity index (χ2n) is 3.61. The first-order valence-corrected chi connectivity index (χ1v) is 5.91. The molecule has 0 amide bonds. The normalized spacial score (nSPS) is 26.6. The third kappa shape index (κ3) is 1.66. The van der Waals surface area contributed by atoms with Crippen LogP contribution in [0.4, 0.5) is 0 Å². The monoisotopic (exact) mass is 230 g/mol. The van der Waals surface area contributed by atoms with Gasteiger partial charge in [0.05, 0.1) is 10.9 Å². The summed E-state index contributed by atoms with van der Waals surface area (Å²) in [7, 11) is 0. The topological polar surface area (TPSA) is 37.3 Å². The van der Waals surface area contributed by atoms with Gasteiger partial charge in [0.2, 0.25) is 0 Å². The molecule has 2 unspecified atom stereocenters. The molecule has 14 heavy (non-hydrogen) atoms. The molecule has 1 N–H and O–H groups in total. The highest BCUT2D eigenvalue weighted by atomic mass is 35.5. The number of carbonyl (C=O) groups is 1. The summed E-state index contributed by atoms with van der Waals surface area (Å²) in [5.41, 5.74) is 0. The van der Waals surface area contributed by atoms with Gasteiger partial charge in [-0.05, 0) is 24.3 Å². The Morgan fingerprint density at radius 3 is 2.93 bits per heavy atom. The summed E-state index contributed by atoms with van der Waals surface area (Å²) < 4.78 is 0. The van der Waals surface area contributed by atoms with Crippen molar-refractivity contribution in [3.05, 3.63) is 21.3 Å². The van der Waals surface area contributed by atoms with Crippen LogP contribution >= 0.6 is 22.9 Å². The third-order valence-corrected chi connectivity index (χ3v) is 4.31. The van der Waals surface area contributed by atoms with Gasteiger partial charge in [0.1, 0.15) is 0 Å². The first kappa shape index (κ1) is 9.99. The van der Waals surface area contributed by atoms with Crippen LogP contribution in [0.2, 0.25) is 5.02 Å². The van der Waals surface area contributed by atoms with Crippen molar-refractivity contribution in [2.75, 3.05) is 0 Å². The summed E-state index contributed by atoms with van der Waals surface area (Å²) in [6, 6.07) is 1.85. The predicted octanol–water partition coefficient (Wildman–Crippen LogP) is 3.37. The van der Waals surface area contributed by atoms with Crippen LogP contribution in [0.5, 0.6) is 0 Å². The summed E-state index contributed by atoms with van der Waals surface area (Å²) in [4.78, 5) is 12.0. The highest BCUT2D eigenvalue weighted by Crippen LogP contribution is 2.44. The second kappa shape index (κ2) is 3.91. The molecular formula is C10H11ClO2S. The molecule has 1 saturated carbocycles. The zero-order valence-electron chi connectivity index (χ0n) is 7.57. The fourth-order valence-corrected chi connectivity index (χ4v) is 3.54. The zero-order chi connectivity index (χ0) is 10.1. The van der Waals surface area contributed by atoms with Crippen molar-refractivity contribution in [1.82, 2.24) is 0 Å². The highest BCUT2D eigenvalue weighted by Gasteiger charge is 2.35. The van der Waals surface area contributed by atoms with Gasteiger partial charge in [-0.15, -0.1) is 11.3 Å². The quantitative estimate of drug-likeness (QED) is 0.846. The molecule has 1 aromatic rings. The number of hydrogen-bond acceptors (Lipinski definition) is 2. The number of aliphatic carboxylic acids is 1. The zero-order valence-corrected chi connectivity index (χ0v) is 9.14. The van der Waals surface area contributed by atoms with E-state index in [0.29, 0.717) is 0 Å². The van der Waals surface area contributed by atoms with E-state index in [4.69, 9.17) is 16.7 Å². The predicted molar refractivity (Wildman–Crippen MR) is 57.0 cm³/mol. The minimum atomic E-state index is -0.683. The van der Waals surface area contributed by atoms with E-state index in [0.717, 1.165) is 29.2 Å². The highest BCUT2D eigenvalue weighted by molar-refractivity contribution is 7.10.